The molecule has 0 radical (unpaired) electrons. The average molecular weight is 498 g/mol. The summed E-state index contributed by atoms with van der Waals surface area (Å²) >= 11 is 0. The van der Waals surface area contributed by atoms with E-state index >= 15 is 0 Å². The quantitative estimate of drug-likeness (QED) is 0.511. The molecule has 0 atom stereocenters. The van der Waals surface area contributed by atoms with Crippen LogP contribution in [-0.2, 0) is 24.8 Å². The summed E-state index contributed by atoms with van der Waals surface area (Å²) in [5.41, 5.74) is 0.842. The fraction of sp³-hybridized carbons (Fsp3) is 0.381. The second kappa shape index (κ2) is 10.5. The van der Waals surface area contributed by atoms with Gasteiger partial charge in [-0.3, -0.25) is 9.10 Å². The number of hydrogen-bond acceptors (Lipinski definition) is 7. The molecule has 0 unspecified atom stereocenters. The van der Waals surface area contributed by atoms with Crippen LogP contribution in [0.2, 0.25) is 0 Å². The first-order valence-corrected chi connectivity index (χ1v) is 13.5. The van der Waals surface area contributed by atoms with Crippen LogP contribution < -0.4 is 14.4 Å². The summed E-state index contributed by atoms with van der Waals surface area (Å²) in [6, 6.07) is 12.3. The topological polar surface area (TPSA) is 122 Å². The first-order valence-electron chi connectivity index (χ1n) is 10.2. The maximum absolute atomic E-state index is 12.6. The lowest BCUT2D eigenvalue weighted by Gasteiger charge is -2.26. The van der Waals surface area contributed by atoms with Gasteiger partial charge < -0.3 is 14.8 Å². The third-order valence-electron chi connectivity index (χ3n) is 5.08. The van der Waals surface area contributed by atoms with Crippen molar-refractivity contribution >= 4 is 31.6 Å². The van der Waals surface area contributed by atoms with Crippen LogP contribution in [0.5, 0.6) is 5.75 Å². The maximum Gasteiger partial charge on any atom is 0.251 e. The molecular formula is C21H27N3O7S2. The Balaban J connectivity index is 1.47. The van der Waals surface area contributed by atoms with Gasteiger partial charge in [-0.05, 0) is 48.5 Å². The number of hydrogen-bond donors (Lipinski definition) is 1. The molecule has 1 aliphatic rings. The Morgan fingerprint density at radius 2 is 1.64 bits per heavy atom. The van der Waals surface area contributed by atoms with Gasteiger partial charge in [0.1, 0.15) is 12.4 Å². The third kappa shape index (κ3) is 6.44. The van der Waals surface area contributed by atoms with Crippen molar-refractivity contribution < 1.29 is 31.1 Å². The molecule has 3 rings (SSSR count). The molecule has 0 bridgehead atoms. The predicted octanol–water partition coefficient (Wildman–Crippen LogP) is 0.912. The predicted molar refractivity (Wildman–Crippen MR) is 124 cm³/mol. The Morgan fingerprint density at radius 1 is 1.03 bits per heavy atom. The Bertz CT molecular complexity index is 1160. The van der Waals surface area contributed by atoms with Gasteiger partial charge in [-0.2, -0.15) is 4.31 Å². The summed E-state index contributed by atoms with van der Waals surface area (Å²) < 4.78 is 61.7. The van der Waals surface area contributed by atoms with E-state index in [1.165, 1.54) is 23.5 Å². The molecule has 10 nitrogen and oxygen atoms in total. The minimum Gasteiger partial charge on any atom is -0.492 e. The van der Waals surface area contributed by atoms with Crippen LogP contribution in [0.25, 0.3) is 0 Å². The first kappa shape index (κ1) is 25.0. The molecule has 12 heteroatoms. The number of anilines is 1. The van der Waals surface area contributed by atoms with E-state index in [0.29, 0.717) is 43.3 Å². The molecule has 1 N–H and O–H groups in total. The number of carbonyl (C=O) groups is 1. The molecule has 33 heavy (non-hydrogen) atoms. The molecule has 2 aromatic rings. The highest BCUT2D eigenvalue weighted by Gasteiger charge is 2.26. The second-order valence-corrected chi connectivity index (χ2v) is 11.3. The molecular weight excluding hydrogens is 470 g/mol. The zero-order valence-corrected chi connectivity index (χ0v) is 20.1. The zero-order chi connectivity index (χ0) is 24.1. The van der Waals surface area contributed by atoms with Gasteiger partial charge in [0.2, 0.25) is 20.0 Å². The Morgan fingerprint density at radius 3 is 2.21 bits per heavy atom. The van der Waals surface area contributed by atoms with Gasteiger partial charge in [0.25, 0.3) is 5.91 Å². The van der Waals surface area contributed by atoms with E-state index < -0.39 is 20.0 Å². The minimum atomic E-state index is -3.56. The van der Waals surface area contributed by atoms with Crippen LogP contribution in [0.1, 0.15) is 10.4 Å². The second-order valence-electron chi connectivity index (χ2n) is 7.37. The average Bonchev–Trinajstić information content (AvgIpc) is 2.81. The van der Waals surface area contributed by atoms with Crippen molar-refractivity contribution in [3.05, 3.63) is 54.1 Å². The number of nitrogens with one attached hydrogen (secondary N) is 1. The van der Waals surface area contributed by atoms with Gasteiger partial charge >= 0.3 is 0 Å². The van der Waals surface area contributed by atoms with Gasteiger partial charge in [0.15, 0.2) is 0 Å². The molecule has 0 aromatic heterocycles. The summed E-state index contributed by atoms with van der Waals surface area (Å²) in [6.45, 7) is 1.85. The van der Waals surface area contributed by atoms with Crippen molar-refractivity contribution in [2.75, 3.05) is 57.1 Å². The lowest BCUT2D eigenvalue weighted by molar-refractivity contribution is 0.0730. The van der Waals surface area contributed by atoms with E-state index in [1.807, 2.05) is 0 Å². The molecule has 0 saturated carbocycles. The third-order valence-corrected chi connectivity index (χ3v) is 8.20. The van der Waals surface area contributed by atoms with Gasteiger partial charge in [0.05, 0.1) is 36.6 Å². The van der Waals surface area contributed by atoms with Gasteiger partial charge in [-0.1, -0.05) is 0 Å². The Hall–Kier alpha value is -2.67. The minimum absolute atomic E-state index is 0.190. The van der Waals surface area contributed by atoms with Crippen LogP contribution in [0.4, 0.5) is 5.69 Å². The SMILES string of the molecule is CN(c1ccc(C(=O)NCCOc2ccc(S(=O)(=O)N3CCOCC3)cc2)cc1)S(C)(=O)=O. The van der Waals surface area contributed by atoms with Gasteiger partial charge in [-0.25, -0.2) is 16.8 Å². The number of benzene rings is 2. The highest BCUT2D eigenvalue weighted by molar-refractivity contribution is 7.92. The van der Waals surface area contributed by atoms with E-state index in [0.717, 1.165) is 10.6 Å². The number of sulfonamides is 2. The van der Waals surface area contributed by atoms with Crippen molar-refractivity contribution in [1.29, 1.82) is 0 Å². The lowest BCUT2D eigenvalue weighted by Crippen LogP contribution is -2.40. The van der Waals surface area contributed by atoms with Gasteiger partial charge in [-0.15, -0.1) is 0 Å². The molecule has 0 spiro atoms. The zero-order valence-electron chi connectivity index (χ0n) is 18.4. The molecule has 1 fully saturated rings. The molecule has 180 valence electrons. The van der Waals surface area contributed by atoms with Crippen molar-refractivity contribution in [1.82, 2.24) is 9.62 Å². The molecule has 2 aromatic carbocycles. The summed E-state index contributed by atoms with van der Waals surface area (Å²) in [7, 11) is -5.50. The highest BCUT2D eigenvalue weighted by Crippen LogP contribution is 2.20. The van der Waals surface area contributed by atoms with Crippen molar-refractivity contribution in [2.45, 2.75) is 4.90 Å². The number of amides is 1. The number of morpholine rings is 1. The van der Waals surface area contributed by atoms with E-state index in [2.05, 4.69) is 5.32 Å². The van der Waals surface area contributed by atoms with Crippen molar-refractivity contribution in [3.8, 4) is 5.75 Å². The van der Waals surface area contributed by atoms with E-state index in [9.17, 15) is 21.6 Å². The van der Waals surface area contributed by atoms with Crippen LogP contribution in [0.15, 0.2) is 53.4 Å². The lowest BCUT2D eigenvalue weighted by atomic mass is 10.2. The van der Waals surface area contributed by atoms with Crippen LogP contribution >= 0.6 is 0 Å². The van der Waals surface area contributed by atoms with Crippen molar-refractivity contribution in [3.63, 3.8) is 0 Å². The first-order chi connectivity index (χ1) is 15.6. The molecule has 1 heterocycles. The molecule has 1 saturated heterocycles. The maximum atomic E-state index is 12.6. The fourth-order valence-corrected chi connectivity index (χ4v) is 5.01. The van der Waals surface area contributed by atoms with Gasteiger partial charge in [0, 0.05) is 25.7 Å². The monoisotopic (exact) mass is 497 g/mol. The Kier molecular flexibility index (Phi) is 7.95. The normalized spacial score (nSPS) is 15.1. The number of nitrogens with zero attached hydrogens (tertiary/aromatic N) is 2. The smallest absolute Gasteiger partial charge is 0.251 e. The molecule has 0 aliphatic carbocycles. The fourth-order valence-electron chi connectivity index (χ4n) is 3.09. The summed E-state index contributed by atoms with van der Waals surface area (Å²) in [6.07, 6.45) is 1.10. The summed E-state index contributed by atoms with van der Waals surface area (Å²) in [5.74, 6) is 0.164. The molecule has 1 aliphatic heterocycles. The molecule has 1 amide bonds. The van der Waals surface area contributed by atoms with E-state index in [4.69, 9.17) is 9.47 Å². The summed E-state index contributed by atoms with van der Waals surface area (Å²) in [4.78, 5) is 12.5. The number of rotatable bonds is 9. The summed E-state index contributed by atoms with van der Waals surface area (Å²) in [5, 5.41) is 2.72. The van der Waals surface area contributed by atoms with Crippen molar-refractivity contribution in [2.24, 2.45) is 0 Å². The van der Waals surface area contributed by atoms with E-state index in [-0.39, 0.29) is 24.0 Å². The number of carbonyl (C=O) groups excluding carboxylic acids is 1. The van der Waals surface area contributed by atoms with E-state index in [1.54, 1.807) is 36.4 Å². The standard InChI is InChI=1S/C21H27N3O7S2/c1-23(32(2,26)27)18-5-3-17(4-6-18)21(25)22-11-14-31-19-7-9-20(10-8-19)33(28,29)24-12-15-30-16-13-24/h3-10H,11-16H2,1-2H3,(H,22,25). The van der Waals surface area contributed by atoms with Crippen LogP contribution in [-0.4, -0.2) is 79.8 Å². The van der Waals surface area contributed by atoms with Crippen LogP contribution in [0.3, 0.4) is 0 Å². The largest absolute Gasteiger partial charge is 0.492 e. The number of ether oxygens (including phenoxy) is 2. The highest BCUT2D eigenvalue weighted by atomic mass is 32.2. The Labute approximate surface area is 194 Å². The van der Waals surface area contributed by atoms with Crippen LogP contribution in [0, 0.1) is 0 Å².